The predicted molar refractivity (Wildman–Crippen MR) is 103 cm³/mol. The molecule has 3 heterocycles. The quantitative estimate of drug-likeness (QED) is 0.683. The first-order chi connectivity index (χ1) is 13.7. The van der Waals surface area contributed by atoms with Crippen molar-refractivity contribution in [3.05, 3.63) is 72.4 Å². The van der Waals surface area contributed by atoms with Crippen LogP contribution < -0.4 is 5.32 Å². The lowest BCUT2D eigenvalue weighted by atomic mass is 10.1. The predicted octanol–water partition coefficient (Wildman–Crippen LogP) is 2.17. The molecule has 1 aliphatic rings. The van der Waals surface area contributed by atoms with Crippen LogP contribution in [-0.4, -0.2) is 39.6 Å². The molecule has 4 rings (SSSR count). The van der Waals surface area contributed by atoms with Gasteiger partial charge in [0.2, 0.25) is 11.8 Å². The standard InChI is InChI=1S/C21H22N4O3/c26-20-13-17(14-24(20)15-19-3-1-12-28-19)21(27)22-10-8-16-4-6-18(7-5-16)25-11-2-9-23-25/h1-7,9,11-12,17H,8,10,13-15H2,(H,22,27). The van der Waals surface area contributed by atoms with Gasteiger partial charge >= 0.3 is 0 Å². The molecular formula is C21H22N4O3. The molecule has 1 unspecified atom stereocenters. The Balaban J connectivity index is 1.24. The SMILES string of the molecule is O=C(NCCc1ccc(-n2cccn2)cc1)C1CC(=O)N(Cc2ccco2)C1. The van der Waals surface area contributed by atoms with Crippen LogP contribution in [-0.2, 0) is 22.6 Å². The first kappa shape index (κ1) is 18.0. The molecule has 144 valence electrons. The summed E-state index contributed by atoms with van der Waals surface area (Å²) in [7, 11) is 0. The number of amides is 2. The van der Waals surface area contributed by atoms with E-state index in [0.29, 0.717) is 19.6 Å². The first-order valence-electron chi connectivity index (χ1n) is 9.36. The van der Waals surface area contributed by atoms with Gasteiger partial charge in [0.25, 0.3) is 0 Å². The van der Waals surface area contributed by atoms with E-state index in [4.69, 9.17) is 4.42 Å². The molecule has 7 heteroatoms. The number of benzene rings is 1. The zero-order valence-electron chi connectivity index (χ0n) is 15.5. The van der Waals surface area contributed by atoms with Crippen LogP contribution in [0.5, 0.6) is 0 Å². The van der Waals surface area contributed by atoms with Gasteiger partial charge in [0.05, 0.1) is 24.4 Å². The molecule has 0 bridgehead atoms. The molecule has 3 aromatic rings. The fraction of sp³-hybridized carbons (Fsp3) is 0.286. The monoisotopic (exact) mass is 378 g/mol. The number of aromatic nitrogens is 2. The molecule has 1 N–H and O–H groups in total. The zero-order chi connectivity index (χ0) is 19.3. The lowest BCUT2D eigenvalue weighted by Gasteiger charge is -2.15. The van der Waals surface area contributed by atoms with Crippen molar-refractivity contribution in [2.24, 2.45) is 5.92 Å². The van der Waals surface area contributed by atoms with Gasteiger partial charge < -0.3 is 14.6 Å². The third kappa shape index (κ3) is 4.14. The third-order valence-corrected chi connectivity index (χ3v) is 4.93. The molecule has 1 aliphatic heterocycles. The molecule has 0 spiro atoms. The number of rotatable bonds is 7. The lowest BCUT2D eigenvalue weighted by molar-refractivity contribution is -0.129. The van der Waals surface area contributed by atoms with Crippen LogP contribution >= 0.6 is 0 Å². The molecule has 2 amide bonds. The maximum absolute atomic E-state index is 12.4. The summed E-state index contributed by atoms with van der Waals surface area (Å²) in [4.78, 5) is 26.2. The summed E-state index contributed by atoms with van der Waals surface area (Å²) in [6.45, 7) is 1.39. The molecule has 0 aliphatic carbocycles. The van der Waals surface area contributed by atoms with Gasteiger partial charge in [0, 0.05) is 31.9 Å². The molecule has 1 aromatic carbocycles. The second-order valence-electron chi connectivity index (χ2n) is 6.91. The van der Waals surface area contributed by atoms with Crippen molar-refractivity contribution in [3.63, 3.8) is 0 Å². The highest BCUT2D eigenvalue weighted by atomic mass is 16.3. The van der Waals surface area contributed by atoms with Crippen molar-refractivity contribution < 1.29 is 14.0 Å². The topological polar surface area (TPSA) is 80.4 Å². The van der Waals surface area contributed by atoms with Gasteiger partial charge in [-0.25, -0.2) is 4.68 Å². The van der Waals surface area contributed by atoms with E-state index >= 15 is 0 Å². The fourth-order valence-corrected chi connectivity index (χ4v) is 3.40. The Labute approximate surface area is 162 Å². The highest BCUT2D eigenvalue weighted by molar-refractivity contribution is 5.89. The first-order valence-corrected chi connectivity index (χ1v) is 9.36. The molecule has 2 aromatic heterocycles. The van der Waals surface area contributed by atoms with Crippen molar-refractivity contribution in [2.75, 3.05) is 13.1 Å². The van der Waals surface area contributed by atoms with E-state index in [1.807, 2.05) is 42.6 Å². The van der Waals surface area contributed by atoms with Gasteiger partial charge in [0.15, 0.2) is 0 Å². The smallest absolute Gasteiger partial charge is 0.225 e. The number of nitrogens with zero attached hydrogens (tertiary/aromatic N) is 3. The van der Waals surface area contributed by atoms with Gasteiger partial charge in [-0.05, 0) is 42.3 Å². The Kier molecular flexibility index (Phi) is 5.23. The van der Waals surface area contributed by atoms with Crippen molar-refractivity contribution in [1.29, 1.82) is 0 Å². The summed E-state index contributed by atoms with van der Waals surface area (Å²) in [6.07, 6.45) is 6.22. The highest BCUT2D eigenvalue weighted by Gasteiger charge is 2.34. The summed E-state index contributed by atoms with van der Waals surface area (Å²) in [5.74, 6) is 0.354. The van der Waals surface area contributed by atoms with Gasteiger partial charge in [-0.3, -0.25) is 9.59 Å². The van der Waals surface area contributed by atoms with E-state index in [2.05, 4.69) is 10.4 Å². The molecule has 1 saturated heterocycles. The minimum Gasteiger partial charge on any atom is -0.467 e. The largest absolute Gasteiger partial charge is 0.467 e. The maximum Gasteiger partial charge on any atom is 0.225 e. The van der Waals surface area contributed by atoms with Crippen LogP contribution in [0.25, 0.3) is 5.69 Å². The Morgan fingerprint density at radius 2 is 2.07 bits per heavy atom. The van der Waals surface area contributed by atoms with Gasteiger partial charge in [-0.1, -0.05) is 12.1 Å². The minimum atomic E-state index is -0.301. The summed E-state index contributed by atoms with van der Waals surface area (Å²) < 4.78 is 7.09. The zero-order valence-corrected chi connectivity index (χ0v) is 15.5. The van der Waals surface area contributed by atoms with E-state index in [-0.39, 0.29) is 24.2 Å². The van der Waals surface area contributed by atoms with Crippen LogP contribution in [0.3, 0.4) is 0 Å². The van der Waals surface area contributed by atoms with Crippen LogP contribution in [0.1, 0.15) is 17.7 Å². The molecule has 1 fully saturated rings. The number of furan rings is 1. The van der Waals surface area contributed by atoms with Crippen molar-refractivity contribution in [2.45, 2.75) is 19.4 Å². The Morgan fingerprint density at radius 3 is 2.79 bits per heavy atom. The third-order valence-electron chi connectivity index (χ3n) is 4.93. The normalized spacial score (nSPS) is 16.5. The van der Waals surface area contributed by atoms with Gasteiger partial charge in [-0.2, -0.15) is 5.10 Å². The number of hydrogen-bond donors (Lipinski definition) is 1. The molecular weight excluding hydrogens is 356 g/mol. The molecule has 7 nitrogen and oxygen atoms in total. The minimum absolute atomic E-state index is 0.00856. The van der Waals surface area contributed by atoms with Crippen LogP contribution in [0, 0.1) is 5.92 Å². The van der Waals surface area contributed by atoms with Crippen molar-refractivity contribution >= 4 is 11.8 Å². The Hall–Kier alpha value is -3.35. The fourth-order valence-electron chi connectivity index (χ4n) is 3.40. The second-order valence-corrected chi connectivity index (χ2v) is 6.91. The van der Waals surface area contributed by atoms with E-state index in [1.54, 1.807) is 28.1 Å². The van der Waals surface area contributed by atoms with Gasteiger partial charge in [-0.15, -0.1) is 0 Å². The van der Waals surface area contributed by atoms with E-state index in [9.17, 15) is 9.59 Å². The van der Waals surface area contributed by atoms with E-state index in [0.717, 1.165) is 23.4 Å². The molecule has 0 saturated carbocycles. The van der Waals surface area contributed by atoms with Crippen LogP contribution in [0.2, 0.25) is 0 Å². The maximum atomic E-state index is 12.4. The van der Waals surface area contributed by atoms with Crippen molar-refractivity contribution in [1.82, 2.24) is 20.0 Å². The van der Waals surface area contributed by atoms with E-state index < -0.39 is 0 Å². The highest BCUT2D eigenvalue weighted by Crippen LogP contribution is 2.20. The summed E-state index contributed by atoms with van der Waals surface area (Å²) in [5.41, 5.74) is 2.14. The number of hydrogen-bond acceptors (Lipinski definition) is 4. The van der Waals surface area contributed by atoms with E-state index in [1.165, 1.54) is 0 Å². The Bertz CT molecular complexity index is 917. The Morgan fingerprint density at radius 1 is 1.21 bits per heavy atom. The number of carbonyl (C=O) groups is 2. The summed E-state index contributed by atoms with van der Waals surface area (Å²) >= 11 is 0. The summed E-state index contributed by atoms with van der Waals surface area (Å²) in [5, 5.41) is 7.16. The number of carbonyl (C=O) groups excluding carboxylic acids is 2. The number of likely N-dealkylation sites (tertiary alicyclic amines) is 1. The molecule has 0 radical (unpaired) electrons. The van der Waals surface area contributed by atoms with Crippen LogP contribution in [0.4, 0.5) is 0 Å². The van der Waals surface area contributed by atoms with Crippen LogP contribution in [0.15, 0.2) is 65.5 Å². The van der Waals surface area contributed by atoms with Crippen molar-refractivity contribution in [3.8, 4) is 5.69 Å². The average molecular weight is 378 g/mol. The second kappa shape index (κ2) is 8.12. The molecule has 28 heavy (non-hydrogen) atoms. The van der Waals surface area contributed by atoms with Gasteiger partial charge in [0.1, 0.15) is 5.76 Å². The average Bonchev–Trinajstić information content (AvgIpc) is 3.46. The summed E-state index contributed by atoms with van der Waals surface area (Å²) in [6, 6.07) is 13.6. The lowest BCUT2D eigenvalue weighted by Crippen LogP contribution is -2.34. The number of nitrogens with one attached hydrogen (secondary N) is 1. The molecule has 1 atom stereocenters.